The van der Waals surface area contributed by atoms with E-state index in [9.17, 15) is 0 Å². The number of H-pyrrole nitrogens is 2. The van der Waals surface area contributed by atoms with Crippen molar-refractivity contribution in [2.45, 2.75) is 0 Å². The molecular weight excluding hydrogens is 576 g/mol. The zero-order chi connectivity index (χ0) is 26.2. The normalized spacial score (nSPS) is 11.2. The fourth-order valence-corrected chi connectivity index (χ4v) is 5.59. The van der Waals surface area contributed by atoms with E-state index in [2.05, 4.69) is 9.97 Å². The molecule has 2 aliphatic heterocycles. The van der Waals surface area contributed by atoms with Gasteiger partial charge in [0, 0.05) is 43.8 Å². The molecule has 43 heavy (non-hydrogen) atoms. The Labute approximate surface area is 258 Å². The van der Waals surface area contributed by atoms with Crippen LogP contribution in [0.4, 0.5) is 0 Å². The summed E-state index contributed by atoms with van der Waals surface area (Å²) in [6.45, 7) is 0. The number of hydrogen-bond donors (Lipinski definition) is 2. The zero-order valence-electron chi connectivity index (χ0n) is 22.2. The molecule has 11 heteroatoms. The van der Waals surface area contributed by atoms with Crippen LogP contribution < -0.4 is 0 Å². The minimum absolute atomic E-state index is 0. The summed E-state index contributed by atoms with van der Waals surface area (Å²) >= 11 is 0. The van der Waals surface area contributed by atoms with E-state index in [1.54, 1.807) is 0 Å². The quantitative estimate of drug-likeness (QED) is 0.187. The molecule has 0 unspecified atom stereocenters. The van der Waals surface area contributed by atoms with Gasteiger partial charge in [-0.2, -0.15) is 0 Å². The van der Waals surface area contributed by atoms with Crippen LogP contribution >= 0.6 is 0 Å². The van der Waals surface area contributed by atoms with Crippen molar-refractivity contribution in [3.05, 3.63) is 97.1 Å². The van der Waals surface area contributed by atoms with Crippen molar-refractivity contribution < 1.29 is 32.7 Å². The third-order valence-electron chi connectivity index (χ3n) is 7.46. The summed E-state index contributed by atoms with van der Waals surface area (Å²) in [6, 6.07) is 32.2. The maximum atomic E-state index is 5.02. The van der Waals surface area contributed by atoms with E-state index in [1.807, 2.05) is 97.1 Å². The van der Waals surface area contributed by atoms with Gasteiger partial charge in [-0.1, -0.05) is 97.1 Å². The third-order valence-corrected chi connectivity index (χ3v) is 7.46. The van der Waals surface area contributed by atoms with Crippen molar-refractivity contribution >= 4 is 44.1 Å². The molecule has 3 aromatic heterocycles. The van der Waals surface area contributed by atoms with Gasteiger partial charge in [0.2, 0.25) is 0 Å². The summed E-state index contributed by atoms with van der Waals surface area (Å²) in [6.07, 6.45) is 0. The van der Waals surface area contributed by atoms with E-state index in [-0.39, 0.29) is 32.7 Å². The molecular formula is C32H18N8O2Ti. The summed E-state index contributed by atoms with van der Waals surface area (Å²) in [7, 11) is 0. The zero-order valence-corrected chi connectivity index (χ0v) is 23.8. The fourth-order valence-electron chi connectivity index (χ4n) is 5.59. The van der Waals surface area contributed by atoms with Crippen molar-refractivity contribution in [3.8, 4) is 45.6 Å². The van der Waals surface area contributed by atoms with Crippen LogP contribution in [-0.2, 0) is 32.7 Å². The molecule has 4 aromatic carbocycles. The van der Waals surface area contributed by atoms with Crippen LogP contribution in [-0.4, -0.2) is 39.9 Å². The average molecular weight is 594 g/mol. The number of aromatic amines is 2. The maximum absolute atomic E-state index is 5.02. The first-order valence-corrected chi connectivity index (χ1v) is 13.0. The SMILES string of the molecule is [O-2].[O-2].[Ti+4].c1ccc2c(c1)-c1nc-2nc2[nH]c(nc3nc(nc4[nH]c(n1)c1ccccc41)-c1ccccc1-3)c1ccccc21. The molecule has 0 aliphatic carbocycles. The van der Waals surface area contributed by atoms with Gasteiger partial charge in [0.25, 0.3) is 0 Å². The Morgan fingerprint density at radius 2 is 0.558 bits per heavy atom. The van der Waals surface area contributed by atoms with Crippen LogP contribution in [0, 0.1) is 0 Å². The third kappa shape index (κ3) is 4.24. The number of hydrogen-bond acceptors (Lipinski definition) is 6. The summed E-state index contributed by atoms with van der Waals surface area (Å²) in [5.41, 5.74) is 6.45. The van der Waals surface area contributed by atoms with Gasteiger partial charge in [0.1, 0.15) is 22.6 Å². The molecule has 2 N–H and O–H groups in total. The van der Waals surface area contributed by atoms with E-state index in [0.717, 1.165) is 43.8 Å². The molecule has 202 valence electrons. The second-order valence-electron chi connectivity index (χ2n) is 9.79. The monoisotopic (exact) mass is 594 g/mol. The maximum Gasteiger partial charge on any atom is 4.00 e. The van der Waals surface area contributed by atoms with Crippen molar-refractivity contribution in [2.75, 3.05) is 0 Å². The number of nitrogens with zero attached hydrogens (tertiary/aromatic N) is 6. The molecule has 8 bridgehead atoms. The van der Waals surface area contributed by atoms with Crippen molar-refractivity contribution in [1.82, 2.24) is 39.9 Å². The van der Waals surface area contributed by atoms with Gasteiger partial charge in [0.05, 0.1) is 0 Å². The number of benzene rings is 4. The van der Waals surface area contributed by atoms with E-state index >= 15 is 0 Å². The van der Waals surface area contributed by atoms with E-state index in [1.165, 1.54) is 0 Å². The number of fused-ring (bicyclic) bond motifs is 20. The van der Waals surface area contributed by atoms with Crippen molar-refractivity contribution in [2.24, 2.45) is 0 Å². The second-order valence-corrected chi connectivity index (χ2v) is 9.79. The van der Waals surface area contributed by atoms with Crippen LogP contribution in [0.3, 0.4) is 0 Å². The summed E-state index contributed by atoms with van der Waals surface area (Å²) in [5, 5.41) is 3.82. The molecule has 5 heterocycles. The molecule has 0 atom stereocenters. The molecule has 7 aromatic rings. The average Bonchev–Trinajstić information content (AvgIpc) is 3.73. The molecule has 9 rings (SSSR count). The number of rotatable bonds is 0. The Hall–Kier alpha value is -5.13. The van der Waals surface area contributed by atoms with Crippen LogP contribution in [0.5, 0.6) is 0 Å². The molecule has 0 radical (unpaired) electrons. The first kappa shape index (κ1) is 28.0. The van der Waals surface area contributed by atoms with Crippen LogP contribution in [0.1, 0.15) is 0 Å². The summed E-state index contributed by atoms with van der Waals surface area (Å²) < 4.78 is 0. The van der Waals surface area contributed by atoms with Crippen molar-refractivity contribution in [1.29, 1.82) is 0 Å². The first-order valence-electron chi connectivity index (χ1n) is 13.0. The molecule has 0 spiro atoms. The van der Waals surface area contributed by atoms with Gasteiger partial charge in [-0.15, -0.1) is 0 Å². The minimum atomic E-state index is 0. The van der Waals surface area contributed by atoms with E-state index in [0.29, 0.717) is 45.9 Å². The van der Waals surface area contributed by atoms with Crippen LogP contribution in [0.15, 0.2) is 97.1 Å². The van der Waals surface area contributed by atoms with Gasteiger partial charge < -0.3 is 20.9 Å². The van der Waals surface area contributed by atoms with Crippen molar-refractivity contribution in [3.63, 3.8) is 0 Å². The van der Waals surface area contributed by atoms with E-state index in [4.69, 9.17) is 29.9 Å². The molecule has 10 nitrogen and oxygen atoms in total. The Bertz CT molecular complexity index is 2050. The summed E-state index contributed by atoms with van der Waals surface area (Å²) in [5.74, 6) is 2.39. The molecule has 0 saturated carbocycles. The van der Waals surface area contributed by atoms with Crippen LogP contribution in [0.25, 0.3) is 89.7 Å². The Kier molecular flexibility index (Phi) is 6.91. The number of aromatic nitrogens is 8. The Balaban J connectivity index is 0.00000110. The van der Waals surface area contributed by atoms with Gasteiger partial charge in [0.15, 0.2) is 23.3 Å². The Morgan fingerprint density at radius 1 is 0.326 bits per heavy atom. The van der Waals surface area contributed by atoms with Gasteiger partial charge in [-0.05, 0) is 0 Å². The first-order chi connectivity index (χ1) is 19.8. The molecule has 0 amide bonds. The van der Waals surface area contributed by atoms with E-state index < -0.39 is 0 Å². The number of nitrogens with one attached hydrogen (secondary N) is 2. The predicted octanol–water partition coefficient (Wildman–Crippen LogP) is 6.63. The van der Waals surface area contributed by atoms with Gasteiger partial charge in [-0.3, -0.25) is 0 Å². The van der Waals surface area contributed by atoms with Gasteiger partial charge >= 0.3 is 21.7 Å². The second kappa shape index (κ2) is 10.6. The van der Waals surface area contributed by atoms with Crippen LogP contribution in [0.2, 0.25) is 0 Å². The Morgan fingerprint density at radius 3 is 0.814 bits per heavy atom. The fraction of sp³-hybridized carbons (Fsp3) is 0. The predicted molar refractivity (Wildman–Crippen MR) is 157 cm³/mol. The van der Waals surface area contributed by atoms with Gasteiger partial charge in [-0.25, -0.2) is 29.9 Å². The molecule has 0 fully saturated rings. The summed E-state index contributed by atoms with van der Waals surface area (Å²) in [4.78, 5) is 36.8. The smallest absolute Gasteiger partial charge is 2.00 e. The topological polar surface area (TPSA) is 166 Å². The minimum Gasteiger partial charge on any atom is -2.00 e. The standard InChI is InChI=1S/C32H18N8.2O.Ti/c1-2-10-18-17(9-1)25-33-26(18)38-28-21-13-5-6-14-22(21)30(35-28)40-32-24-16-8-7-15-23(24)31(36-32)39-29-20-12-4-3-11-19(20)27(34-29)37-25;;;/h1-16H,(H2,33,34,35,36,37,38,39,40);;;/q;2*-2;+4. The molecule has 2 aliphatic rings. The largest absolute Gasteiger partial charge is 4.00 e. The molecule has 0 saturated heterocycles.